The van der Waals surface area contributed by atoms with E-state index in [1.54, 1.807) is 25.1 Å². The van der Waals surface area contributed by atoms with Crippen molar-refractivity contribution in [3.63, 3.8) is 0 Å². The highest BCUT2D eigenvalue weighted by molar-refractivity contribution is 7.92. The first kappa shape index (κ1) is 27.9. The fourth-order valence-electron chi connectivity index (χ4n) is 4.15. The highest BCUT2D eigenvalue weighted by Crippen LogP contribution is 2.23. The number of para-hydroxylation sites is 1. The van der Waals surface area contributed by atoms with E-state index in [0.29, 0.717) is 12.1 Å². The summed E-state index contributed by atoms with van der Waals surface area (Å²) in [6.07, 6.45) is 1.38. The van der Waals surface area contributed by atoms with E-state index in [0.717, 1.165) is 27.3 Å². The minimum atomic E-state index is -3.78. The largest absolute Gasteiger partial charge is 0.352 e. The van der Waals surface area contributed by atoms with Crippen LogP contribution in [0.1, 0.15) is 30.5 Å². The van der Waals surface area contributed by atoms with Crippen LogP contribution in [0.4, 0.5) is 5.69 Å². The van der Waals surface area contributed by atoms with E-state index in [1.165, 1.54) is 4.90 Å². The molecule has 3 rings (SSSR count). The molecule has 37 heavy (non-hydrogen) atoms. The van der Waals surface area contributed by atoms with Crippen LogP contribution >= 0.6 is 0 Å². The first-order chi connectivity index (χ1) is 17.6. The fourth-order valence-corrected chi connectivity index (χ4v) is 5.06. The number of rotatable bonds is 11. The number of amides is 2. The van der Waals surface area contributed by atoms with Gasteiger partial charge < -0.3 is 10.2 Å². The number of benzene rings is 3. The number of aryl methyl sites for hydroxylation is 1. The van der Waals surface area contributed by atoms with Gasteiger partial charge in [-0.25, -0.2) is 8.42 Å². The number of nitrogens with zero attached hydrogens (tertiary/aromatic N) is 2. The van der Waals surface area contributed by atoms with Crippen molar-refractivity contribution in [3.05, 3.63) is 102 Å². The Morgan fingerprint density at radius 2 is 1.38 bits per heavy atom. The Kier molecular flexibility index (Phi) is 9.47. The van der Waals surface area contributed by atoms with Gasteiger partial charge in [-0.2, -0.15) is 0 Å². The first-order valence-electron chi connectivity index (χ1n) is 12.3. The molecule has 0 spiro atoms. The van der Waals surface area contributed by atoms with Gasteiger partial charge in [0.1, 0.15) is 12.6 Å². The van der Waals surface area contributed by atoms with Crippen molar-refractivity contribution in [3.8, 4) is 0 Å². The Labute approximate surface area is 220 Å². The van der Waals surface area contributed by atoms with Crippen LogP contribution in [-0.2, 0) is 32.6 Å². The molecule has 0 saturated carbocycles. The maximum atomic E-state index is 14.0. The van der Waals surface area contributed by atoms with Crippen molar-refractivity contribution in [2.45, 2.75) is 45.8 Å². The quantitative estimate of drug-likeness (QED) is 0.414. The molecule has 0 unspecified atom stereocenters. The summed E-state index contributed by atoms with van der Waals surface area (Å²) in [6.45, 7) is 5.27. The Morgan fingerprint density at radius 3 is 1.92 bits per heavy atom. The molecule has 196 valence electrons. The molecule has 1 N–H and O–H groups in total. The smallest absolute Gasteiger partial charge is 0.244 e. The molecule has 8 heteroatoms. The summed E-state index contributed by atoms with van der Waals surface area (Å²) < 4.78 is 26.7. The summed E-state index contributed by atoms with van der Waals surface area (Å²) in [6, 6.07) is 25.0. The van der Waals surface area contributed by atoms with Crippen LogP contribution in [0.15, 0.2) is 84.9 Å². The standard InChI is InChI=1S/C29H35N3O4S/c1-22(2)30-29(34)27(19-24-14-7-5-8-15-24)31(20-25-16-9-6-10-17-25)28(33)21-32(37(4,35)36)26-18-12-11-13-23(26)3/h5-18,22,27H,19-21H2,1-4H3,(H,30,34)/t27-/m0/s1. The third-order valence-corrected chi connectivity index (χ3v) is 7.09. The van der Waals surface area contributed by atoms with Crippen LogP contribution in [0.3, 0.4) is 0 Å². The van der Waals surface area contributed by atoms with Crippen molar-refractivity contribution >= 4 is 27.5 Å². The molecule has 0 saturated heterocycles. The number of anilines is 1. The summed E-state index contributed by atoms with van der Waals surface area (Å²) in [5.74, 6) is -0.748. The van der Waals surface area contributed by atoms with Crippen molar-refractivity contribution in [2.24, 2.45) is 0 Å². The molecular formula is C29H35N3O4S. The van der Waals surface area contributed by atoms with Crippen LogP contribution in [0.2, 0.25) is 0 Å². The zero-order valence-corrected chi connectivity index (χ0v) is 22.6. The number of carbonyl (C=O) groups excluding carboxylic acids is 2. The molecule has 0 aliphatic rings. The third-order valence-electron chi connectivity index (χ3n) is 5.96. The van der Waals surface area contributed by atoms with E-state index in [-0.39, 0.29) is 18.5 Å². The second-order valence-electron chi connectivity index (χ2n) is 9.43. The zero-order valence-electron chi connectivity index (χ0n) is 21.8. The lowest BCUT2D eigenvalue weighted by Gasteiger charge is -2.34. The third kappa shape index (κ3) is 7.92. The van der Waals surface area contributed by atoms with Crippen LogP contribution in [0, 0.1) is 6.92 Å². The highest BCUT2D eigenvalue weighted by Gasteiger charge is 2.33. The Balaban J connectivity index is 2.04. The Bertz CT molecular complexity index is 1290. The lowest BCUT2D eigenvalue weighted by atomic mass is 10.0. The molecular weight excluding hydrogens is 486 g/mol. The summed E-state index contributed by atoms with van der Waals surface area (Å²) in [4.78, 5) is 28.9. The average molecular weight is 522 g/mol. The summed E-state index contributed by atoms with van der Waals surface area (Å²) in [5, 5.41) is 2.94. The van der Waals surface area contributed by atoms with E-state index in [4.69, 9.17) is 0 Å². The second-order valence-corrected chi connectivity index (χ2v) is 11.3. The molecule has 3 aromatic carbocycles. The van der Waals surface area contributed by atoms with Crippen molar-refractivity contribution < 1.29 is 18.0 Å². The molecule has 1 atom stereocenters. The molecule has 0 aliphatic carbocycles. The second kappa shape index (κ2) is 12.5. The Morgan fingerprint density at radius 1 is 0.838 bits per heavy atom. The summed E-state index contributed by atoms with van der Waals surface area (Å²) in [7, 11) is -3.78. The van der Waals surface area contributed by atoms with Crippen LogP contribution in [-0.4, -0.2) is 50.0 Å². The topological polar surface area (TPSA) is 86.8 Å². The van der Waals surface area contributed by atoms with E-state index in [2.05, 4.69) is 5.32 Å². The van der Waals surface area contributed by atoms with Crippen molar-refractivity contribution in [2.75, 3.05) is 17.1 Å². The number of hydrogen-bond donors (Lipinski definition) is 1. The lowest BCUT2D eigenvalue weighted by Crippen LogP contribution is -2.54. The van der Waals surface area contributed by atoms with Gasteiger partial charge in [-0.3, -0.25) is 13.9 Å². The Hall–Kier alpha value is -3.65. The van der Waals surface area contributed by atoms with Gasteiger partial charge in [0, 0.05) is 19.0 Å². The predicted molar refractivity (Wildman–Crippen MR) is 148 cm³/mol. The number of hydrogen-bond acceptors (Lipinski definition) is 4. The van der Waals surface area contributed by atoms with Gasteiger partial charge in [0.05, 0.1) is 11.9 Å². The maximum absolute atomic E-state index is 14.0. The molecule has 0 aliphatic heterocycles. The molecule has 7 nitrogen and oxygen atoms in total. The van der Waals surface area contributed by atoms with Gasteiger partial charge in [0.25, 0.3) is 0 Å². The van der Waals surface area contributed by atoms with Crippen LogP contribution in [0.25, 0.3) is 0 Å². The minimum absolute atomic E-state index is 0.126. The van der Waals surface area contributed by atoms with Crippen molar-refractivity contribution in [1.82, 2.24) is 10.2 Å². The van der Waals surface area contributed by atoms with E-state index in [9.17, 15) is 18.0 Å². The highest BCUT2D eigenvalue weighted by atomic mass is 32.2. The molecule has 0 radical (unpaired) electrons. The SMILES string of the molecule is Cc1ccccc1N(CC(=O)N(Cc1ccccc1)[C@@H](Cc1ccccc1)C(=O)NC(C)C)S(C)(=O)=O. The fraction of sp³-hybridized carbons (Fsp3) is 0.310. The number of sulfonamides is 1. The van der Waals surface area contributed by atoms with E-state index >= 15 is 0 Å². The zero-order chi connectivity index (χ0) is 27.0. The number of nitrogens with one attached hydrogen (secondary N) is 1. The first-order valence-corrected chi connectivity index (χ1v) is 14.1. The molecule has 0 bridgehead atoms. The van der Waals surface area contributed by atoms with Crippen LogP contribution in [0.5, 0.6) is 0 Å². The molecule has 2 amide bonds. The predicted octanol–water partition coefficient (Wildman–Crippen LogP) is 3.93. The van der Waals surface area contributed by atoms with E-state index in [1.807, 2.05) is 80.6 Å². The monoisotopic (exact) mass is 521 g/mol. The van der Waals surface area contributed by atoms with Gasteiger partial charge in [-0.1, -0.05) is 78.9 Å². The summed E-state index contributed by atoms with van der Waals surface area (Å²) >= 11 is 0. The van der Waals surface area contributed by atoms with Gasteiger partial charge in [0.15, 0.2) is 0 Å². The van der Waals surface area contributed by atoms with Gasteiger partial charge >= 0.3 is 0 Å². The van der Waals surface area contributed by atoms with Crippen LogP contribution < -0.4 is 9.62 Å². The maximum Gasteiger partial charge on any atom is 0.244 e. The van der Waals surface area contributed by atoms with Gasteiger partial charge in [0.2, 0.25) is 21.8 Å². The van der Waals surface area contributed by atoms with E-state index < -0.39 is 28.5 Å². The lowest BCUT2D eigenvalue weighted by molar-refractivity contribution is -0.140. The van der Waals surface area contributed by atoms with Gasteiger partial charge in [-0.05, 0) is 43.5 Å². The molecule has 0 fully saturated rings. The molecule has 3 aromatic rings. The molecule has 0 heterocycles. The minimum Gasteiger partial charge on any atom is -0.352 e. The van der Waals surface area contributed by atoms with Crippen molar-refractivity contribution in [1.29, 1.82) is 0 Å². The summed E-state index contributed by atoms with van der Waals surface area (Å²) in [5.41, 5.74) is 2.90. The van der Waals surface area contributed by atoms with Gasteiger partial charge in [-0.15, -0.1) is 0 Å². The number of carbonyl (C=O) groups is 2. The molecule has 0 aromatic heterocycles. The normalized spacial score (nSPS) is 12.1. The average Bonchev–Trinajstić information content (AvgIpc) is 2.85.